The maximum atomic E-state index is 12.3. The Morgan fingerprint density at radius 2 is 1.61 bits per heavy atom. The standard InChI is InChI=1S/C19H28N4O5/c1-27-15-4-2-5-16(14-15)28-13-8-19(26)23-11-9-22(10-12-23)18(25)7-3-6-17(24)21-20/h2,4-5,14H,3,6-13,20H2,1H3,(H,21,24). The quantitative estimate of drug-likeness (QED) is 0.355. The van der Waals surface area contributed by atoms with Crippen LogP contribution in [-0.2, 0) is 14.4 Å². The van der Waals surface area contributed by atoms with Gasteiger partial charge in [0.1, 0.15) is 11.5 Å². The number of carbonyl (C=O) groups is 3. The van der Waals surface area contributed by atoms with Gasteiger partial charge in [-0.2, -0.15) is 0 Å². The third-order valence-electron chi connectivity index (χ3n) is 4.57. The van der Waals surface area contributed by atoms with Crippen LogP contribution in [0.25, 0.3) is 0 Å². The molecular weight excluding hydrogens is 364 g/mol. The third kappa shape index (κ3) is 6.73. The molecule has 0 bridgehead atoms. The molecular formula is C19H28N4O5. The first kappa shape index (κ1) is 21.5. The number of hydrogen-bond acceptors (Lipinski definition) is 6. The Bertz CT molecular complexity index is 674. The lowest BCUT2D eigenvalue weighted by atomic mass is 10.2. The summed E-state index contributed by atoms with van der Waals surface area (Å²) in [5.74, 6) is 6.10. The second-order valence-corrected chi connectivity index (χ2v) is 6.46. The smallest absolute Gasteiger partial charge is 0.233 e. The van der Waals surface area contributed by atoms with Crippen molar-refractivity contribution in [2.24, 2.45) is 5.84 Å². The van der Waals surface area contributed by atoms with Crippen molar-refractivity contribution >= 4 is 17.7 Å². The van der Waals surface area contributed by atoms with Crippen LogP contribution < -0.4 is 20.7 Å². The van der Waals surface area contributed by atoms with Crippen molar-refractivity contribution in [3.05, 3.63) is 24.3 Å². The van der Waals surface area contributed by atoms with Crippen molar-refractivity contribution in [1.29, 1.82) is 0 Å². The molecule has 2 rings (SSSR count). The van der Waals surface area contributed by atoms with E-state index in [0.29, 0.717) is 50.5 Å². The minimum absolute atomic E-state index is 0.00159. The van der Waals surface area contributed by atoms with E-state index in [-0.39, 0.29) is 37.2 Å². The van der Waals surface area contributed by atoms with Crippen LogP contribution in [0.1, 0.15) is 25.7 Å². The summed E-state index contributed by atoms with van der Waals surface area (Å²) in [6.07, 6.45) is 1.27. The minimum Gasteiger partial charge on any atom is -0.497 e. The monoisotopic (exact) mass is 392 g/mol. The van der Waals surface area contributed by atoms with Gasteiger partial charge in [0.25, 0.3) is 0 Å². The van der Waals surface area contributed by atoms with Crippen molar-refractivity contribution in [1.82, 2.24) is 15.2 Å². The molecule has 0 saturated carbocycles. The van der Waals surface area contributed by atoms with Crippen LogP contribution in [-0.4, -0.2) is 67.4 Å². The fourth-order valence-electron chi connectivity index (χ4n) is 2.94. The van der Waals surface area contributed by atoms with Gasteiger partial charge >= 0.3 is 0 Å². The number of hydrazine groups is 1. The van der Waals surface area contributed by atoms with Gasteiger partial charge in [0.15, 0.2) is 0 Å². The number of piperazine rings is 1. The zero-order valence-electron chi connectivity index (χ0n) is 16.2. The molecule has 9 heteroatoms. The van der Waals surface area contributed by atoms with Crippen LogP contribution in [0.15, 0.2) is 24.3 Å². The maximum absolute atomic E-state index is 12.3. The van der Waals surface area contributed by atoms with Gasteiger partial charge in [-0.25, -0.2) is 5.84 Å². The van der Waals surface area contributed by atoms with Crippen molar-refractivity contribution < 1.29 is 23.9 Å². The van der Waals surface area contributed by atoms with E-state index < -0.39 is 0 Å². The zero-order chi connectivity index (χ0) is 20.4. The molecule has 1 fully saturated rings. The minimum atomic E-state index is -0.278. The summed E-state index contributed by atoms with van der Waals surface area (Å²) in [5.41, 5.74) is 2.04. The van der Waals surface area contributed by atoms with E-state index in [1.807, 2.05) is 23.6 Å². The third-order valence-corrected chi connectivity index (χ3v) is 4.57. The van der Waals surface area contributed by atoms with E-state index in [4.69, 9.17) is 15.3 Å². The van der Waals surface area contributed by atoms with Gasteiger partial charge in [-0.15, -0.1) is 0 Å². The SMILES string of the molecule is COc1cccc(OCCC(=O)N2CCN(C(=O)CCCC(=O)NN)CC2)c1. The molecule has 0 atom stereocenters. The molecule has 1 aliphatic heterocycles. The molecule has 1 aliphatic rings. The number of carbonyl (C=O) groups excluding carboxylic acids is 3. The molecule has 1 heterocycles. The number of nitrogens with one attached hydrogen (secondary N) is 1. The summed E-state index contributed by atoms with van der Waals surface area (Å²) in [6.45, 7) is 2.31. The molecule has 3 N–H and O–H groups in total. The van der Waals surface area contributed by atoms with Crippen LogP contribution in [0, 0.1) is 0 Å². The van der Waals surface area contributed by atoms with Gasteiger partial charge in [0.05, 0.1) is 20.1 Å². The van der Waals surface area contributed by atoms with E-state index >= 15 is 0 Å². The Balaban J connectivity index is 1.65. The fourth-order valence-corrected chi connectivity index (χ4v) is 2.94. The number of hydrogen-bond donors (Lipinski definition) is 2. The Kier molecular flexibility index (Phi) is 8.54. The van der Waals surface area contributed by atoms with E-state index in [1.165, 1.54) is 0 Å². The second kappa shape index (κ2) is 11.1. The fraction of sp³-hybridized carbons (Fsp3) is 0.526. The lowest BCUT2D eigenvalue weighted by Gasteiger charge is -2.35. The van der Waals surface area contributed by atoms with Crippen LogP contribution in [0.4, 0.5) is 0 Å². The average Bonchev–Trinajstić information content (AvgIpc) is 2.73. The highest BCUT2D eigenvalue weighted by molar-refractivity contribution is 5.79. The van der Waals surface area contributed by atoms with Crippen molar-refractivity contribution in [2.45, 2.75) is 25.7 Å². The van der Waals surface area contributed by atoms with Crippen molar-refractivity contribution in [3.63, 3.8) is 0 Å². The van der Waals surface area contributed by atoms with E-state index in [9.17, 15) is 14.4 Å². The first-order valence-electron chi connectivity index (χ1n) is 9.35. The molecule has 1 aromatic carbocycles. The predicted octanol–water partition coefficient (Wildman–Crippen LogP) is 0.295. The molecule has 9 nitrogen and oxygen atoms in total. The molecule has 0 radical (unpaired) electrons. The molecule has 1 saturated heterocycles. The van der Waals surface area contributed by atoms with E-state index in [2.05, 4.69) is 0 Å². The predicted molar refractivity (Wildman–Crippen MR) is 102 cm³/mol. The van der Waals surface area contributed by atoms with E-state index in [1.54, 1.807) is 23.0 Å². The van der Waals surface area contributed by atoms with Gasteiger partial charge in [0.2, 0.25) is 17.7 Å². The number of ether oxygens (including phenoxy) is 2. The summed E-state index contributed by atoms with van der Waals surface area (Å²) < 4.78 is 10.7. The van der Waals surface area contributed by atoms with Crippen LogP contribution in [0.5, 0.6) is 11.5 Å². The number of nitrogens with two attached hydrogens (primary N) is 1. The van der Waals surface area contributed by atoms with Crippen LogP contribution >= 0.6 is 0 Å². The molecule has 0 unspecified atom stereocenters. The second-order valence-electron chi connectivity index (χ2n) is 6.46. The summed E-state index contributed by atoms with van der Waals surface area (Å²) in [6, 6.07) is 7.24. The molecule has 154 valence electrons. The van der Waals surface area contributed by atoms with Gasteiger partial charge in [0, 0.05) is 45.1 Å². The van der Waals surface area contributed by atoms with Crippen LogP contribution in [0.2, 0.25) is 0 Å². The highest BCUT2D eigenvalue weighted by Crippen LogP contribution is 2.19. The Hall–Kier alpha value is -2.81. The Morgan fingerprint density at radius 3 is 2.21 bits per heavy atom. The van der Waals surface area contributed by atoms with Gasteiger partial charge in [-0.05, 0) is 18.6 Å². The molecule has 0 spiro atoms. The first-order valence-corrected chi connectivity index (χ1v) is 9.35. The lowest BCUT2D eigenvalue weighted by Crippen LogP contribution is -2.50. The maximum Gasteiger partial charge on any atom is 0.233 e. The number of methoxy groups -OCH3 is 1. The van der Waals surface area contributed by atoms with Crippen LogP contribution in [0.3, 0.4) is 0 Å². The van der Waals surface area contributed by atoms with Gasteiger partial charge in [-0.3, -0.25) is 19.8 Å². The average molecular weight is 392 g/mol. The van der Waals surface area contributed by atoms with Gasteiger partial charge in [-0.1, -0.05) is 6.07 Å². The molecule has 3 amide bonds. The summed E-state index contributed by atoms with van der Waals surface area (Å²) >= 11 is 0. The van der Waals surface area contributed by atoms with E-state index in [0.717, 1.165) is 0 Å². The van der Waals surface area contributed by atoms with Gasteiger partial charge < -0.3 is 19.3 Å². The highest BCUT2D eigenvalue weighted by Gasteiger charge is 2.23. The number of nitrogens with zero attached hydrogens (tertiary/aromatic N) is 2. The Morgan fingerprint density at radius 1 is 1.00 bits per heavy atom. The summed E-state index contributed by atoms with van der Waals surface area (Å²) in [4.78, 5) is 39.0. The number of amides is 3. The molecule has 1 aromatic rings. The summed E-state index contributed by atoms with van der Waals surface area (Å²) in [7, 11) is 1.59. The van der Waals surface area contributed by atoms with Crippen molar-refractivity contribution in [3.8, 4) is 11.5 Å². The highest BCUT2D eigenvalue weighted by atomic mass is 16.5. The normalized spacial score (nSPS) is 13.8. The number of benzene rings is 1. The van der Waals surface area contributed by atoms with Crippen molar-refractivity contribution in [2.75, 3.05) is 39.9 Å². The summed E-state index contributed by atoms with van der Waals surface area (Å²) in [5, 5.41) is 0. The molecule has 0 aliphatic carbocycles. The first-order chi connectivity index (χ1) is 13.5. The zero-order valence-corrected chi connectivity index (χ0v) is 16.2. The molecule has 28 heavy (non-hydrogen) atoms. The lowest BCUT2D eigenvalue weighted by molar-refractivity contribution is -0.140. The Labute approximate surface area is 164 Å². The largest absolute Gasteiger partial charge is 0.497 e. The number of rotatable bonds is 9. The molecule has 0 aromatic heterocycles. The topological polar surface area (TPSA) is 114 Å².